The van der Waals surface area contributed by atoms with Gasteiger partial charge in [-0.1, -0.05) is 43.2 Å². The first-order valence-electron chi connectivity index (χ1n) is 13.3. The molecule has 0 spiro atoms. The van der Waals surface area contributed by atoms with E-state index in [1.165, 1.54) is 0 Å². The first-order chi connectivity index (χ1) is 18.0. The molecule has 196 valence electrons. The van der Waals surface area contributed by atoms with Gasteiger partial charge in [0.2, 0.25) is 17.5 Å². The van der Waals surface area contributed by atoms with Crippen LogP contribution in [0.5, 0.6) is 0 Å². The molecule has 1 heterocycles. The van der Waals surface area contributed by atoms with Crippen molar-refractivity contribution in [3.05, 3.63) is 65.3 Å². The largest absolute Gasteiger partial charge is 0.378 e. The Kier molecular flexibility index (Phi) is 8.78. The van der Waals surface area contributed by atoms with Crippen LogP contribution in [0.15, 0.2) is 42.5 Å². The van der Waals surface area contributed by atoms with E-state index in [4.69, 9.17) is 6.57 Å². The van der Waals surface area contributed by atoms with Crippen LogP contribution >= 0.6 is 0 Å². The standard InChI is InChI=1S/C29H36FN5O2/c1-4-33(5-2)29(37)27(21-11-7-6-8-12-21)35-19-17-34(18-20-35)24-16-15-23(25(30)26(24)31-3)32-28(36)22-13-9-10-14-22/h6-8,11-12,15-16,22,27H,4-5,9-10,13-14,17-20H2,1-2H3,(H,32,36). The number of carbonyl (C=O) groups excluding carboxylic acids is 2. The molecule has 7 nitrogen and oxygen atoms in total. The molecule has 2 aliphatic rings. The highest BCUT2D eigenvalue weighted by atomic mass is 19.1. The second-order valence-corrected chi connectivity index (χ2v) is 9.72. The summed E-state index contributed by atoms with van der Waals surface area (Å²) < 4.78 is 15.3. The van der Waals surface area contributed by atoms with E-state index in [0.717, 1.165) is 31.2 Å². The van der Waals surface area contributed by atoms with Gasteiger partial charge in [0.1, 0.15) is 6.04 Å². The van der Waals surface area contributed by atoms with Crippen LogP contribution < -0.4 is 10.2 Å². The Morgan fingerprint density at radius 2 is 1.70 bits per heavy atom. The van der Waals surface area contributed by atoms with Gasteiger partial charge in [-0.3, -0.25) is 14.5 Å². The van der Waals surface area contributed by atoms with Crippen LogP contribution in [0.25, 0.3) is 4.85 Å². The van der Waals surface area contributed by atoms with Crippen LogP contribution in [0.2, 0.25) is 0 Å². The number of carbonyl (C=O) groups is 2. The first-order valence-corrected chi connectivity index (χ1v) is 13.3. The minimum atomic E-state index is -0.680. The van der Waals surface area contributed by atoms with Crippen LogP contribution in [-0.2, 0) is 9.59 Å². The fraction of sp³-hybridized carbons (Fsp3) is 0.483. The van der Waals surface area contributed by atoms with E-state index in [9.17, 15) is 9.59 Å². The second kappa shape index (κ2) is 12.2. The zero-order chi connectivity index (χ0) is 26.4. The van der Waals surface area contributed by atoms with E-state index in [-0.39, 0.29) is 35.1 Å². The summed E-state index contributed by atoms with van der Waals surface area (Å²) >= 11 is 0. The van der Waals surface area contributed by atoms with Gasteiger partial charge in [-0.2, -0.15) is 0 Å². The summed E-state index contributed by atoms with van der Waals surface area (Å²) in [6, 6.07) is 12.7. The van der Waals surface area contributed by atoms with Crippen LogP contribution in [0.4, 0.5) is 21.5 Å². The van der Waals surface area contributed by atoms with Crippen LogP contribution in [0, 0.1) is 18.3 Å². The van der Waals surface area contributed by atoms with Crippen molar-refractivity contribution in [1.82, 2.24) is 9.80 Å². The molecule has 2 aromatic carbocycles. The number of benzene rings is 2. The van der Waals surface area contributed by atoms with Crippen molar-refractivity contribution in [2.24, 2.45) is 5.92 Å². The molecule has 1 N–H and O–H groups in total. The van der Waals surface area contributed by atoms with E-state index in [1.54, 1.807) is 12.1 Å². The molecule has 1 unspecified atom stereocenters. The van der Waals surface area contributed by atoms with E-state index in [1.807, 2.05) is 54.0 Å². The molecule has 0 aromatic heterocycles. The van der Waals surface area contributed by atoms with Gasteiger partial charge < -0.3 is 15.1 Å². The molecule has 4 rings (SSSR count). The van der Waals surface area contributed by atoms with Crippen LogP contribution in [-0.4, -0.2) is 60.9 Å². The number of piperazine rings is 1. The van der Waals surface area contributed by atoms with E-state index >= 15 is 4.39 Å². The van der Waals surface area contributed by atoms with Gasteiger partial charge in [-0.25, -0.2) is 9.24 Å². The van der Waals surface area contributed by atoms with Crippen molar-refractivity contribution in [3.63, 3.8) is 0 Å². The number of halogens is 1. The molecule has 1 aliphatic heterocycles. The molecule has 2 amide bonds. The molecule has 0 bridgehead atoms. The highest BCUT2D eigenvalue weighted by Crippen LogP contribution is 2.38. The molecule has 0 radical (unpaired) electrons. The van der Waals surface area contributed by atoms with Crippen molar-refractivity contribution in [1.29, 1.82) is 0 Å². The Morgan fingerprint density at radius 1 is 1.05 bits per heavy atom. The minimum Gasteiger partial charge on any atom is -0.378 e. The molecule has 8 heteroatoms. The third-order valence-corrected chi connectivity index (χ3v) is 7.63. The number of anilines is 2. The van der Waals surface area contributed by atoms with E-state index in [0.29, 0.717) is 45.0 Å². The Bertz CT molecular complexity index is 1130. The molecule has 37 heavy (non-hydrogen) atoms. The normalized spacial score (nSPS) is 17.3. The van der Waals surface area contributed by atoms with E-state index < -0.39 is 5.82 Å². The predicted octanol–water partition coefficient (Wildman–Crippen LogP) is 5.24. The summed E-state index contributed by atoms with van der Waals surface area (Å²) in [6.45, 7) is 15.2. The number of amides is 2. The fourth-order valence-electron chi connectivity index (χ4n) is 5.51. The van der Waals surface area contributed by atoms with Gasteiger partial charge in [0.15, 0.2) is 5.82 Å². The van der Waals surface area contributed by atoms with Crippen molar-refractivity contribution in [3.8, 4) is 0 Å². The molecular weight excluding hydrogens is 469 g/mol. The lowest BCUT2D eigenvalue weighted by Crippen LogP contribution is -2.51. The monoisotopic (exact) mass is 505 g/mol. The highest BCUT2D eigenvalue weighted by Gasteiger charge is 2.33. The maximum atomic E-state index is 15.3. The van der Waals surface area contributed by atoms with Crippen molar-refractivity contribution in [2.75, 3.05) is 49.5 Å². The average Bonchev–Trinajstić information content (AvgIpc) is 3.47. The molecule has 1 saturated heterocycles. The van der Waals surface area contributed by atoms with Crippen molar-refractivity contribution in [2.45, 2.75) is 45.6 Å². The lowest BCUT2D eigenvalue weighted by Gasteiger charge is -2.41. The zero-order valence-corrected chi connectivity index (χ0v) is 21.8. The summed E-state index contributed by atoms with van der Waals surface area (Å²) in [6.07, 6.45) is 3.69. The SMILES string of the molecule is [C-]#[N+]c1c(N2CCN(C(C(=O)N(CC)CC)c3ccccc3)CC2)ccc(NC(=O)C2CCCC2)c1F. The van der Waals surface area contributed by atoms with Gasteiger partial charge in [0.05, 0.1) is 12.3 Å². The molecule has 1 aliphatic carbocycles. The van der Waals surface area contributed by atoms with Crippen molar-refractivity contribution < 1.29 is 14.0 Å². The number of nitrogens with one attached hydrogen (secondary N) is 1. The topological polar surface area (TPSA) is 60.2 Å². The molecule has 2 fully saturated rings. The molecule has 2 aromatic rings. The van der Waals surface area contributed by atoms with Gasteiger partial charge in [-0.05, 0) is 44.4 Å². The first kappa shape index (κ1) is 26.6. The Hall–Kier alpha value is -3.44. The Morgan fingerprint density at radius 3 is 2.30 bits per heavy atom. The number of rotatable bonds is 8. The van der Waals surface area contributed by atoms with Gasteiger partial charge in [-0.15, -0.1) is 0 Å². The smallest absolute Gasteiger partial charge is 0.246 e. The van der Waals surface area contributed by atoms with Gasteiger partial charge >= 0.3 is 0 Å². The highest BCUT2D eigenvalue weighted by molar-refractivity contribution is 5.94. The number of hydrogen-bond donors (Lipinski definition) is 1. The van der Waals surface area contributed by atoms with Crippen LogP contribution in [0.3, 0.4) is 0 Å². The Balaban J connectivity index is 1.50. The summed E-state index contributed by atoms with van der Waals surface area (Å²) in [5, 5.41) is 2.71. The minimum absolute atomic E-state index is 0.0687. The molecule has 1 atom stereocenters. The fourth-order valence-corrected chi connectivity index (χ4v) is 5.51. The summed E-state index contributed by atoms with van der Waals surface area (Å²) in [5.41, 5.74) is 1.48. The Labute approximate surface area is 219 Å². The average molecular weight is 506 g/mol. The quantitative estimate of drug-likeness (QED) is 0.499. The van der Waals surface area contributed by atoms with E-state index in [2.05, 4.69) is 15.1 Å². The zero-order valence-electron chi connectivity index (χ0n) is 21.8. The lowest BCUT2D eigenvalue weighted by molar-refractivity contribution is -0.137. The summed E-state index contributed by atoms with van der Waals surface area (Å²) in [4.78, 5) is 35.5. The number of hydrogen-bond acceptors (Lipinski definition) is 4. The summed E-state index contributed by atoms with van der Waals surface area (Å²) in [5.74, 6) is -0.848. The lowest BCUT2D eigenvalue weighted by atomic mass is 10.0. The molecule has 1 saturated carbocycles. The second-order valence-electron chi connectivity index (χ2n) is 9.72. The predicted molar refractivity (Wildman–Crippen MR) is 144 cm³/mol. The third kappa shape index (κ3) is 5.78. The summed E-state index contributed by atoms with van der Waals surface area (Å²) in [7, 11) is 0. The maximum Gasteiger partial charge on any atom is 0.246 e. The third-order valence-electron chi connectivity index (χ3n) is 7.63. The maximum absolute atomic E-state index is 15.3. The van der Waals surface area contributed by atoms with Gasteiger partial charge in [0.25, 0.3) is 0 Å². The molecular formula is C29H36FN5O2. The van der Waals surface area contributed by atoms with Gasteiger partial charge in [0, 0.05) is 50.9 Å². The number of likely N-dealkylation sites (N-methyl/N-ethyl adjacent to an activating group) is 1. The number of nitrogens with zero attached hydrogens (tertiary/aromatic N) is 4. The van der Waals surface area contributed by atoms with Crippen LogP contribution in [0.1, 0.15) is 51.1 Å². The van der Waals surface area contributed by atoms with Crippen molar-refractivity contribution >= 4 is 28.9 Å².